The predicted molar refractivity (Wildman–Crippen MR) is 80.7 cm³/mol. The Hall–Kier alpha value is -2.10. The van der Waals surface area contributed by atoms with E-state index in [4.69, 9.17) is 0 Å². The van der Waals surface area contributed by atoms with Crippen molar-refractivity contribution in [2.24, 2.45) is 0 Å². The van der Waals surface area contributed by atoms with Crippen LogP contribution in [-0.2, 0) is 9.59 Å². The van der Waals surface area contributed by atoms with Crippen molar-refractivity contribution in [2.75, 3.05) is 6.54 Å². The average Bonchev–Trinajstić information content (AvgIpc) is 2.60. The Morgan fingerprint density at radius 3 is 2.71 bits per heavy atom. The fraction of sp³-hybridized carbons (Fsp3) is 0.412. The first-order valence-electron chi connectivity index (χ1n) is 7.43. The van der Waals surface area contributed by atoms with Gasteiger partial charge in [0.1, 0.15) is 6.04 Å². The third kappa shape index (κ3) is 2.46. The van der Waals surface area contributed by atoms with E-state index in [2.05, 4.69) is 17.5 Å². The van der Waals surface area contributed by atoms with Gasteiger partial charge in [0.15, 0.2) is 0 Å². The highest BCUT2D eigenvalue weighted by atomic mass is 16.2. The quantitative estimate of drug-likeness (QED) is 0.846. The second-order valence-corrected chi connectivity index (χ2v) is 5.98. The van der Waals surface area contributed by atoms with E-state index in [1.807, 2.05) is 38.1 Å². The molecule has 0 saturated heterocycles. The van der Waals surface area contributed by atoms with Crippen LogP contribution in [0.2, 0.25) is 0 Å². The maximum absolute atomic E-state index is 12.6. The first kappa shape index (κ1) is 13.9. The third-order valence-electron chi connectivity index (χ3n) is 4.06. The van der Waals surface area contributed by atoms with Crippen LogP contribution in [0.15, 0.2) is 36.4 Å². The second-order valence-electron chi connectivity index (χ2n) is 5.98. The van der Waals surface area contributed by atoms with Crippen LogP contribution in [0.1, 0.15) is 43.4 Å². The predicted octanol–water partition coefficient (Wildman–Crippen LogP) is 2.14. The molecule has 1 N–H and O–H groups in total. The van der Waals surface area contributed by atoms with Gasteiger partial charge in [-0.2, -0.15) is 0 Å². The monoisotopic (exact) mass is 284 g/mol. The molecule has 2 heterocycles. The fourth-order valence-electron chi connectivity index (χ4n) is 3.19. The summed E-state index contributed by atoms with van der Waals surface area (Å²) in [7, 11) is 0. The van der Waals surface area contributed by atoms with Crippen molar-refractivity contribution < 1.29 is 9.59 Å². The van der Waals surface area contributed by atoms with Crippen LogP contribution in [0.5, 0.6) is 0 Å². The Morgan fingerprint density at radius 1 is 1.29 bits per heavy atom. The molecule has 3 rings (SSSR count). The highest BCUT2D eigenvalue weighted by Gasteiger charge is 2.39. The average molecular weight is 284 g/mol. The topological polar surface area (TPSA) is 49.4 Å². The lowest BCUT2D eigenvalue weighted by molar-refractivity contribution is -0.141. The van der Waals surface area contributed by atoms with E-state index in [-0.39, 0.29) is 23.8 Å². The number of nitrogens with zero attached hydrogens (tertiary/aromatic N) is 1. The zero-order valence-corrected chi connectivity index (χ0v) is 12.4. The van der Waals surface area contributed by atoms with Crippen LogP contribution in [0.25, 0.3) is 0 Å². The molecule has 0 spiro atoms. The Balaban J connectivity index is 2.07. The molecule has 110 valence electrons. The van der Waals surface area contributed by atoms with E-state index in [9.17, 15) is 9.59 Å². The summed E-state index contributed by atoms with van der Waals surface area (Å²) < 4.78 is 0. The maximum atomic E-state index is 12.6. The number of benzene rings is 1. The number of carbonyl (C=O) groups excluding carboxylic acids is 2. The van der Waals surface area contributed by atoms with Gasteiger partial charge in [-0.05, 0) is 25.0 Å². The minimum absolute atomic E-state index is 0.0205. The van der Waals surface area contributed by atoms with Gasteiger partial charge >= 0.3 is 0 Å². The van der Waals surface area contributed by atoms with Crippen LogP contribution in [0, 0.1) is 0 Å². The maximum Gasteiger partial charge on any atom is 0.247 e. The molecule has 4 nitrogen and oxygen atoms in total. The van der Waals surface area contributed by atoms with Gasteiger partial charge in [0.25, 0.3) is 0 Å². The third-order valence-corrected chi connectivity index (χ3v) is 4.06. The number of carbonyl (C=O) groups is 2. The molecule has 0 radical (unpaired) electrons. The minimum Gasteiger partial charge on any atom is -0.352 e. The Labute approximate surface area is 124 Å². The molecule has 2 aliphatic rings. The first-order valence-corrected chi connectivity index (χ1v) is 7.43. The lowest BCUT2D eigenvalue weighted by Crippen LogP contribution is -2.48. The molecule has 21 heavy (non-hydrogen) atoms. The molecule has 2 atom stereocenters. The van der Waals surface area contributed by atoms with Crippen LogP contribution in [0.4, 0.5) is 0 Å². The van der Waals surface area contributed by atoms with Crippen molar-refractivity contribution in [1.29, 1.82) is 0 Å². The zero-order valence-electron chi connectivity index (χ0n) is 12.4. The highest BCUT2D eigenvalue weighted by molar-refractivity contribution is 5.90. The summed E-state index contributed by atoms with van der Waals surface area (Å²) in [4.78, 5) is 26.7. The minimum atomic E-state index is -0.507. The SMILES string of the molecule is CC(C)NC(=O)[C@@H]1c2ccccc2C2C=CCC(=O)N1C2. The van der Waals surface area contributed by atoms with Gasteiger partial charge in [-0.3, -0.25) is 9.59 Å². The van der Waals surface area contributed by atoms with E-state index in [1.54, 1.807) is 4.90 Å². The van der Waals surface area contributed by atoms with Crippen molar-refractivity contribution >= 4 is 11.8 Å². The van der Waals surface area contributed by atoms with E-state index in [0.717, 1.165) is 11.1 Å². The molecular formula is C17H20N2O2. The fourth-order valence-corrected chi connectivity index (χ4v) is 3.19. The van der Waals surface area contributed by atoms with Gasteiger partial charge in [0.2, 0.25) is 11.8 Å². The molecule has 0 fully saturated rings. The van der Waals surface area contributed by atoms with Crippen LogP contribution in [0.3, 0.4) is 0 Å². The summed E-state index contributed by atoms with van der Waals surface area (Å²) in [6.07, 6.45) is 4.38. The molecule has 1 aromatic carbocycles. The van der Waals surface area contributed by atoms with Gasteiger partial charge in [0.05, 0.1) is 0 Å². The van der Waals surface area contributed by atoms with Crippen molar-refractivity contribution in [3.8, 4) is 0 Å². The molecule has 0 aromatic heterocycles. The van der Waals surface area contributed by atoms with Gasteiger partial charge in [-0.15, -0.1) is 0 Å². The Morgan fingerprint density at radius 2 is 2.00 bits per heavy atom. The molecule has 2 aliphatic heterocycles. The molecule has 1 aromatic rings. The van der Waals surface area contributed by atoms with E-state index in [1.165, 1.54) is 0 Å². The van der Waals surface area contributed by atoms with Crippen LogP contribution < -0.4 is 5.32 Å². The van der Waals surface area contributed by atoms with Crippen molar-refractivity contribution in [3.05, 3.63) is 47.5 Å². The number of hydrogen-bond donors (Lipinski definition) is 1. The lowest BCUT2D eigenvalue weighted by Gasteiger charge is -2.38. The largest absolute Gasteiger partial charge is 0.352 e. The number of fused-ring (bicyclic) bond motifs is 4. The summed E-state index contributed by atoms with van der Waals surface area (Å²) in [5, 5.41) is 2.94. The van der Waals surface area contributed by atoms with Gasteiger partial charge in [-0.25, -0.2) is 0 Å². The summed E-state index contributed by atoms with van der Waals surface area (Å²) in [6, 6.07) is 7.50. The number of hydrogen-bond acceptors (Lipinski definition) is 2. The number of amides is 2. The summed E-state index contributed by atoms with van der Waals surface area (Å²) in [5.41, 5.74) is 2.11. The normalized spacial score (nSPS) is 23.8. The van der Waals surface area contributed by atoms with Crippen molar-refractivity contribution in [1.82, 2.24) is 10.2 Å². The van der Waals surface area contributed by atoms with E-state index < -0.39 is 6.04 Å². The number of rotatable bonds is 2. The number of nitrogens with one attached hydrogen (secondary N) is 1. The zero-order chi connectivity index (χ0) is 15.0. The molecule has 2 amide bonds. The van der Waals surface area contributed by atoms with Crippen molar-refractivity contribution in [3.63, 3.8) is 0 Å². The van der Waals surface area contributed by atoms with Gasteiger partial charge in [0, 0.05) is 24.9 Å². The van der Waals surface area contributed by atoms with Crippen LogP contribution in [-0.4, -0.2) is 29.3 Å². The Bertz CT molecular complexity index is 607. The van der Waals surface area contributed by atoms with Crippen LogP contribution >= 0.6 is 0 Å². The summed E-state index contributed by atoms with van der Waals surface area (Å²) in [6.45, 7) is 4.45. The Kier molecular flexibility index (Phi) is 3.53. The smallest absolute Gasteiger partial charge is 0.247 e. The highest BCUT2D eigenvalue weighted by Crippen LogP contribution is 2.38. The standard InChI is InChI=1S/C17H20N2O2/c1-11(2)18-17(21)16-14-8-4-3-7-13(14)12-6-5-9-15(20)19(16)10-12/h3-8,11-12,16H,9-10H2,1-2H3,(H,18,21)/t12?,16-/m0/s1. The van der Waals surface area contributed by atoms with E-state index >= 15 is 0 Å². The molecule has 1 unspecified atom stereocenters. The first-order chi connectivity index (χ1) is 10.1. The summed E-state index contributed by atoms with van der Waals surface area (Å²) >= 11 is 0. The van der Waals surface area contributed by atoms with Gasteiger partial charge < -0.3 is 10.2 Å². The molecule has 0 aliphatic carbocycles. The summed E-state index contributed by atoms with van der Waals surface area (Å²) in [5.74, 6) is 0.119. The van der Waals surface area contributed by atoms with E-state index in [0.29, 0.717) is 13.0 Å². The molecule has 4 heteroatoms. The molecule has 0 saturated carbocycles. The van der Waals surface area contributed by atoms with Crippen molar-refractivity contribution in [2.45, 2.75) is 38.3 Å². The molecule has 2 bridgehead atoms. The lowest BCUT2D eigenvalue weighted by atomic mass is 9.85. The molecular weight excluding hydrogens is 264 g/mol. The second kappa shape index (κ2) is 5.35. The van der Waals surface area contributed by atoms with Gasteiger partial charge in [-0.1, -0.05) is 36.4 Å².